The number of sulfonamides is 1. The molecule has 1 N–H and O–H groups in total. The van der Waals surface area contributed by atoms with Crippen LogP contribution in [0, 0.1) is 5.82 Å². The largest absolute Gasteiger partial charge is 0.346 e. The summed E-state index contributed by atoms with van der Waals surface area (Å²) in [6, 6.07) is 18.8. The predicted octanol–water partition coefficient (Wildman–Crippen LogP) is 5.25. The fourth-order valence-corrected chi connectivity index (χ4v) is 5.14. The number of anilines is 1. The number of hydrogen-bond acceptors (Lipinski definition) is 4. The number of amides is 1. The SMILES string of the molecule is CCN(c1ccc(C(=O)N[C@H](C)c2ccc(F)cc2)cc1)S(=O)(=O)c1ccc(SC)cc1. The first-order valence-corrected chi connectivity index (χ1v) is 12.8. The first-order valence-electron chi connectivity index (χ1n) is 10.1. The van der Waals surface area contributed by atoms with Gasteiger partial charge in [0.1, 0.15) is 5.82 Å². The van der Waals surface area contributed by atoms with Crippen molar-refractivity contribution in [3.63, 3.8) is 0 Å². The quantitative estimate of drug-likeness (QED) is 0.455. The Morgan fingerprint density at radius 3 is 2.12 bits per heavy atom. The third-order valence-electron chi connectivity index (χ3n) is 5.07. The molecule has 3 aromatic rings. The molecular formula is C24H25FN2O3S2. The summed E-state index contributed by atoms with van der Waals surface area (Å²) in [5, 5.41) is 2.87. The van der Waals surface area contributed by atoms with E-state index in [4.69, 9.17) is 0 Å². The predicted molar refractivity (Wildman–Crippen MR) is 127 cm³/mol. The maximum atomic E-state index is 13.1. The smallest absolute Gasteiger partial charge is 0.264 e. The van der Waals surface area contributed by atoms with Crippen LogP contribution >= 0.6 is 11.8 Å². The number of nitrogens with zero attached hydrogens (tertiary/aromatic N) is 1. The number of nitrogens with one attached hydrogen (secondary N) is 1. The van der Waals surface area contributed by atoms with E-state index in [9.17, 15) is 17.6 Å². The molecule has 0 heterocycles. The fraction of sp³-hybridized carbons (Fsp3) is 0.208. The summed E-state index contributed by atoms with van der Waals surface area (Å²) in [5.41, 5.74) is 1.66. The lowest BCUT2D eigenvalue weighted by molar-refractivity contribution is 0.0940. The molecule has 1 atom stereocenters. The first-order chi connectivity index (χ1) is 15.3. The summed E-state index contributed by atoms with van der Waals surface area (Å²) in [5.74, 6) is -0.634. The second kappa shape index (κ2) is 10.2. The van der Waals surface area contributed by atoms with E-state index in [1.165, 1.54) is 16.4 Å². The minimum absolute atomic E-state index is 0.215. The molecule has 0 fully saturated rings. The Balaban J connectivity index is 1.76. The van der Waals surface area contributed by atoms with Crippen molar-refractivity contribution in [3.8, 4) is 0 Å². The maximum Gasteiger partial charge on any atom is 0.264 e. The van der Waals surface area contributed by atoms with Crippen LogP contribution in [0.1, 0.15) is 35.8 Å². The fourth-order valence-electron chi connectivity index (χ4n) is 3.26. The van der Waals surface area contributed by atoms with Crippen molar-refractivity contribution in [2.24, 2.45) is 0 Å². The van der Waals surface area contributed by atoms with Crippen molar-refractivity contribution >= 4 is 33.4 Å². The highest BCUT2D eigenvalue weighted by Crippen LogP contribution is 2.26. The molecule has 8 heteroatoms. The molecule has 0 bridgehead atoms. The topological polar surface area (TPSA) is 66.5 Å². The summed E-state index contributed by atoms with van der Waals surface area (Å²) in [6.45, 7) is 3.83. The highest BCUT2D eigenvalue weighted by atomic mass is 32.2. The molecule has 168 valence electrons. The molecule has 32 heavy (non-hydrogen) atoms. The molecule has 3 rings (SSSR count). The summed E-state index contributed by atoms with van der Waals surface area (Å²) in [7, 11) is -3.73. The zero-order chi connectivity index (χ0) is 23.3. The van der Waals surface area contributed by atoms with Crippen LogP contribution in [0.5, 0.6) is 0 Å². The van der Waals surface area contributed by atoms with Gasteiger partial charge in [0.05, 0.1) is 16.6 Å². The van der Waals surface area contributed by atoms with Gasteiger partial charge in [0.2, 0.25) is 0 Å². The average molecular weight is 473 g/mol. The van der Waals surface area contributed by atoms with Gasteiger partial charge in [-0.05, 0) is 86.3 Å². The molecule has 0 aliphatic carbocycles. The van der Waals surface area contributed by atoms with Gasteiger partial charge in [0.25, 0.3) is 15.9 Å². The first kappa shape index (κ1) is 23.8. The number of rotatable bonds is 8. The summed E-state index contributed by atoms with van der Waals surface area (Å²) in [6.07, 6.45) is 1.93. The van der Waals surface area contributed by atoms with E-state index in [2.05, 4.69) is 5.32 Å². The lowest BCUT2D eigenvalue weighted by Gasteiger charge is -2.23. The van der Waals surface area contributed by atoms with E-state index in [1.54, 1.807) is 79.3 Å². The van der Waals surface area contributed by atoms with Crippen molar-refractivity contribution in [2.75, 3.05) is 17.1 Å². The zero-order valence-corrected chi connectivity index (χ0v) is 19.7. The van der Waals surface area contributed by atoms with Crippen molar-refractivity contribution < 1.29 is 17.6 Å². The Kier molecular flexibility index (Phi) is 7.58. The third kappa shape index (κ3) is 5.31. The van der Waals surface area contributed by atoms with Gasteiger partial charge in [-0.25, -0.2) is 12.8 Å². The number of halogens is 1. The van der Waals surface area contributed by atoms with Gasteiger partial charge in [0.15, 0.2) is 0 Å². The second-order valence-electron chi connectivity index (χ2n) is 7.14. The van der Waals surface area contributed by atoms with Crippen molar-refractivity contribution in [2.45, 2.75) is 29.7 Å². The Bertz CT molecular complexity index is 1160. The third-order valence-corrected chi connectivity index (χ3v) is 7.73. The Hall–Kier alpha value is -2.84. The van der Waals surface area contributed by atoms with Gasteiger partial charge < -0.3 is 5.32 Å². The van der Waals surface area contributed by atoms with Gasteiger partial charge in [-0.1, -0.05) is 12.1 Å². The second-order valence-corrected chi connectivity index (χ2v) is 9.88. The van der Waals surface area contributed by atoms with Gasteiger partial charge in [-0.3, -0.25) is 9.10 Å². The van der Waals surface area contributed by atoms with E-state index in [-0.39, 0.29) is 29.2 Å². The van der Waals surface area contributed by atoms with Crippen LogP contribution in [0.3, 0.4) is 0 Å². The van der Waals surface area contributed by atoms with Crippen LogP contribution in [-0.4, -0.2) is 27.1 Å². The minimum Gasteiger partial charge on any atom is -0.346 e. The lowest BCUT2D eigenvalue weighted by atomic mass is 10.1. The van der Waals surface area contributed by atoms with E-state index in [0.29, 0.717) is 11.3 Å². The number of carbonyl (C=O) groups excluding carboxylic acids is 1. The van der Waals surface area contributed by atoms with Crippen LogP contribution in [0.2, 0.25) is 0 Å². The summed E-state index contributed by atoms with van der Waals surface area (Å²) < 4.78 is 40.7. The molecule has 5 nitrogen and oxygen atoms in total. The molecule has 0 unspecified atom stereocenters. The van der Waals surface area contributed by atoms with Gasteiger partial charge in [-0.15, -0.1) is 11.8 Å². The Labute approximate surface area is 192 Å². The zero-order valence-electron chi connectivity index (χ0n) is 18.1. The van der Waals surface area contributed by atoms with E-state index in [1.807, 2.05) is 13.2 Å². The molecule has 0 aliphatic rings. The number of thioether (sulfide) groups is 1. The molecule has 0 aliphatic heterocycles. The molecule has 0 saturated heterocycles. The van der Waals surface area contributed by atoms with Gasteiger partial charge in [0, 0.05) is 17.0 Å². The van der Waals surface area contributed by atoms with Crippen LogP contribution in [0.15, 0.2) is 82.6 Å². The molecular weight excluding hydrogens is 447 g/mol. The molecule has 0 aromatic heterocycles. The monoisotopic (exact) mass is 472 g/mol. The van der Waals surface area contributed by atoms with E-state index < -0.39 is 10.0 Å². The summed E-state index contributed by atoms with van der Waals surface area (Å²) in [4.78, 5) is 13.8. The van der Waals surface area contributed by atoms with Crippen molar-refractivity contribution in [3.05, 3.63) is 89.7 Å². The lowest BCUT2D eigenvalue weighted by Crippen LogP contribution is -2.31. The average Bonchev–Trinajstić information content (AvgIpc) is 2.80. The number of carbonyl (C=O) groups is 1. The Morgan fingerprint density at radius 1 is 1.00 bits per heavy atom. The van der Waals surface area contributed by atoms with E-state index in [0.717, 1.165) is 10.5 Å². The van der Waals surface area contributed by atoms with Gasteiger partial charge in [-0.2, -0.15) is 0 Å². The maximum absolute atomic E-state index is 13.1. The number of hydrogen-bond donors (Lipinski definition) is 1. The van der Waals surface area contributed by atoms with Crippen molar-refractivity contribution in [1.82, 2.24) is 5.32 Å². The molecule has 0 radical (unpaired) electrons. The highest BCUT2D eigenvalue weighted by molar-refractivity contribution is 7.98. The highest BCUT2D eigenvalue weighted by Gasteiger charge is 2.24. The molecule has 0 saturated carbocycles. The molecule has 3 aromatic carbocycles. The van der Waals surface area contributed by atoms with Gasteiger partial charge >= 0.3 is 0 Å². The molecule has 0 spiro atoms. The van der Waals surface area contributed by atoms with E-state index >= 15 is 0 Å². The van der Waals surface area contributed by atoms with Crippen LogP contribution in [-0.2, 0) is 10.0 Å². The molecule has 1 amide bonds. The minimum atomic E-state index is -3.73. The summed E-state index contributed by atoms with van der Waals surface area (Å²) >= 11 is 1.54. The normalized spacial score (nSPS) is 12.2. The standard InChI is InChI=1S/C24H25FN2O3S2/c1-4-27(32(29,30)23-15-13-22(31-3)14-16-23)21-11-7-19(8-12-21)24(28)26-17(2)18-5-9-20(25)10-6-18/h5-17H,4H2,1-3H3,(H,26,28)/t17-/m1/s1. The Morgan fingerprint density at radius 2 is 1.59 bits per heavy atom. The number of benzene rings is 3. The van der Waals surface area contributed by atoms with Crippen LogP contribution < -0.4 is 9.62 Å². The van der Waals surface area contributed by atoms with Crippen LogP contribution in [0.4, 0.5) is 10.1 Å². The van der Waals surface area contributed by atoms with Crippen molar-refractivity contribution in [1.29, 1.82) is 0 Å². The van der Waals surface area contributed by atoms with Crippen LogP contribution in [0.25, 0.3) is 0 Å².